The molecule has 4 aromatic heterocycles. The van der Waals surface area contributed by atoms with E-state index in [9.17, 15) is 10.1 Å². The average Bonchev–Trinajstić information content (AvgIpc) is 3.33. The maximum absolute atomic E-state index is 13.1. The zero-order valence-electron chi connectivity index (χ0n) is 21.4. The number of hydrogen-bond acceptors (Lipinski definition) is 7. The lowest BCUT2D eigenvalue weighted by molar-refractivity contribution is -0.128. The van der Waals surface area contributed by atoms with E-state index in [4.69, 9.17) is 9.72 Å². The number of aromatic nitrogens is 4. The zero-order valence-corrected chi connectivity index (χ0v) is 21.4. The van der Waals surface area contributed by atoms with Crippen LogP contribution in [0.2, 0.25) is 0 Å². The third-order valence-corrected chi connectivity index (χ3v) is 7.26. The van der Waals surface area contributed by atoms with Gasteiger partial charge in [-0.1, -0.05) is 13.0 Å². The second-order valence-corrected chi connectivity index (χ2v) is 9.87. The number of Topliss-reactive ketones (excluding diaryl/α,β-unsaturated/α-hetero) is 1. The summed E-state index contributed by atoms with van der Waals surface area (Å²) in [6, 6.07) is 12.1. The molecular formula is C29H30N6O2. The zero-order chi connectivity index (χ0) is 26.0. The van der Waals surface area contributed by atoms with Gasteiger partial charge in [-0.05, 0) is 56.5 Å². The van der Waals surface area contributed by atoms with E-state index in [0.717, 1.165) is 59.7 Å². The van der Waals surface area contributed by atoms with Crippen molar-refractivity contribution < 1.29 is 9.53 Å². The molecule has 0 radical (unpaired) electrons. The summed E-state index contributed by atoms with van der Waals surface area (Å²) < 4.78 is 7.40. The first-order valence-corrected chi connectivity index (χ1v) is 12.6. The first-order valence-electron chi connectivity index (χ1n) is 12.6. The van der Waals surface area contributed by atoms with Crippen LogP contribution in [0.5, 0.6) is 5.75 Å². The van der Waals surface area contributed by atoms with Gasteiger partial charge in [0.1, 0.15) is 23.4 Å². The van der Waals surface area contributed by atoms with E-state index < -0.39 is 0 Å². The molecule has 0 saturated carbocycles. The van der Waals surface area contributed by atoms with Gasteiger partial charge in [-0.2, -0.15) is 10.4 Å². The standard InChI is InChI=1S/C29H30N6O2/c1-4-37-24-14-25(28-22(15-30)18-33-35(28)19-24)21-6-8-27(32-17-21)34-11-9-29(3,10-12-34)26(36)13-23-7-5-20(2)16-31-23/h5-8,14,16-19H,4,9-13H2,1-3H3. The molecule has 5 rings (SSSR count). The Kier molecular flexibility index (Phi) is 6.62. The number of piperidine rings is 1. The number of ketones is 1. The summed E-state index contributed by atoms with van der Waals surface area (Å²) in [4.78, 5) is 24.5. The maximum atomic E-state index is 13.1. The minimum absolute atomic E-state index is 0.249. The van der Waals surface area contributed by atoms with Crippen LogP contribution in [-0.2, 0) is 11.2 Å². The number of nitriles is 1. The van der Waals surface area contributed by atoms with Crippen LogP contribution in [0.3, 0.4) is 0 Å². The molecule has 0 unspecified atom stereocenters. The van der Waals surface area contributed by atoms with Crippen molar-refractivity contribution in [2.24, 2.45) is 5.41 Å². The fourth-order valence-corrected chi connectivity index (χ4v) is 4.87. The number of carbonyl (C=O) groups excluding carboxylic acids is 1. The lowest BCUT2D eigenvalue weighted by atomic mass is 9.75. The molecule has 1 aliphatic heterocycles. The first-order chi connectivity index (χ1) is 17.9. The Morgan fingerprint density at radius 3 is 2.59 bits per heavy atom. The van der Waals surface area contributed by atoms with E-state index in [2.05, 4.69) is 28.0 Å². The predicted molar refractivity (Wildman–Crippen MR) is 142 cm³/mol. The molecule has 8 heteroatoms. The molecule has 188 valence electrons. The Morgan fingerprint density at radius 1 is 1.14 bits per heavy atom. The summed E-state index contributed by atoms with van der Waals surface area (Å²) in [5.74, 6) is 1.81. The highest BCUT2D eigenvalue weighted by atomic mass is 16.5. The fraction of sp³-hybridized carbons (Fsp3) is 0.345. The number of nitrogens with zero attached hydrogens (tertiary/aromatic N) is 6. The van der Waals surface area contributed by atoms with Gasteiger partial charge >= 0.3 is 0 Å². The van der Waals surface area contributed by atoms with Gasteiger partial charge in [-0.3, -0.25) is 9.78 Å². The van der Waals surface area contributed by atoms with Crippen molar-refractivity contribution in [3.05, 3.63) is 71.9 Å². The molecule has 0 aromatic carbocycles. The topological polar surface area (TPSA) is 96.4 Å². The number of anilines is 1. The Labute approximate surface area is 216 Å². The number of fused-ring (bicyclic) bond motifs is 1. The van der Waals surface area contributed by atoms with Crippen molar-refractivity contribution in [2.75, 3.05) is 24.6 Å². The first kappa shape index (κ1) is 24.4. The molecule has 0 bridgehead atoms. The van der Waals surface area contributed by atoms with Crippen LogP contribution in [0.1, 0.15) is 43.5 Å². The van der Waals surface area contributed by atoms with Crippen molar-refractivity contribution in [3.8, 4) is 22.9 Å². The normalized spacial score (nSPS) is 14.9. The molecule has 1 fully saturated rings. The third-order valence-electron chi connectivity index (χ3n) is 7.26. The van der Waals surface area contributed by atoms with E-state index in [1.165, 1.54) is 0 Å². The molecule has 8 nitrogen and oxygen atoms in total. The number of pyridine rings is 3. The largest absolute Gasteiger partial charge is 0.492 e. The molecule has 0 aliphatic carbocycles. The van der Waals surface area contributed by atoms with Crippen LogP contribution in [0.4, 0.5) is 5.82 Å². The SMILES string of the molecule is CCOc1cc(-c2ccc(N3CCC(C)(C(=O)Cc4ccc(C)cn4)CC3)nc2)c2c(C#N)cnn2c1. The van der Waals surface area contributed by atoms with Crippen molar-refractivity contribution >= 4 is 17.1 Å². The summed E-state index contributed by atoms with van der Waals surface area (Å²) in [6.07, 6.45) is 8.92. The van der Waals surface area contributed by atoms with E-state index >= 15 is 0 Å². The molecule has 37 heavy (non-hydrogen) atoms. The Bertz CT molecular complexity index is 1460. The molecule has 0 amide bonds. The van der Waals surface area contributed by atoms with Crippen molar-refractivity contribution in [2.45, 2.75) is 40.0 Å². The van der Waals surface area contributed by atoms with Gasteiger partial charge in [0.05, 0.1) is 30.1 Å². The maximum Gasteiger partial charge on any atom is 0.144 e. The lowest BCUT2D eigenvalue weighted by Gasteiger charge is -2.39. The van der Waals surface area contributed by atoms with Crippen LogP contribution in [-0.4, -0.2) is 45.1 Å². The summed E-state index contributed by atoms with van der Waals surface area (Å²) in [7, 11) is 0. The average molecular weight is 495 g/mol. The van der Waals surface area contributed by atoms with Crippen LogP contribution in [0, 0.1) is 23.7 Å². The second-order valence-electron chi connectivity index (χ2n) is 9.87. The highest BCUT2D eigenvalue weighted by Crippen LogP contribution is 2.35. The molecule has 0 spiro atoms. The van der Waals surface area contributed by atoms with Crippen molar-refractivity contribution in [3.63, 3.8) is 0 Å². The van der Waals surface area contributed by atoms with Gasteiger partial charge in [0.2, 0.25) is 0 Å². The van der Waals surface area contributed by atoms with E-state index in [1.807, 2.05) is 56.6 Å². The highest BCUT2D eigenvalue weighted by Gasteiger charge is 2.37. The number of aryl methyl sites for hydroxylation is 1. The van der Waals surface area contributed by atoms with Crippen LogP contribution in [0.15, 0.2) is 55.1 Å². The van der Waals surface area contributed by atoms with Gasteiger partial charge in [0, 0.05) is 54.1 Å². The van der Waals surface area contributed by atoms with E-state index in [-0.39, 0.29) is 11.2 Å². The quantitative estimate of drug-likeness (QED) is 0.364. The second kappa shape index (κ2) is 10.0. The van der Waals surface area contributed by atoms with Gasteiger partial charge in [0.25, 0.3) is 0 Å². The number of rotatable bonds is 7. The van der Waals surface area contributed by atoms with Crippen molar-refractivity contribution in [1.82, 2.24) is 19.6 Å². The van der Waals surface area contributed by atoms with E-state index in [1.54, 1.807) is 16.9 Å². The highest BCUT2D eigenvalue weighted by molar-refractivity contribution is 5.87. The van der Waals surface area contributed by atoms with Gasteiger partial charge in [-0.15, -0.1) is 0 Å². The summed E-state index contributed by atoms with van der Waals surface area (Å²) in [6.45, 7) is 8.07. The molecule has 1 aliphatic rings. The minimum Gasteiger partial charge on any atom is -0.492 e. The molecule has 0 atom stereocenters. The van der Waals surface area contributed by atoms with Crippen LogP contribution >= 0.6 is 0 Å². The molecule has 1 saturated heterocycles. The van der Waals surface area contributed by atoms with Crippen molar-refractivity contribution in [1.29, 1.82) is 5.26 Å². The van der Waals surface area contributed by atoms with Crippen LogP contribution in [0.25, 0.3) is 16.6 Å². The Balaban J connectivity index is 1.31. The molecule has 0 N–H and O–H groups in total. The third kappa shape index (κ3) is 4.90. The number of carbonyl (C=O) groups is 1. The van der Waals surface area contributed by atoms with Crippen LogP contribution < -0.4 is 9.64 Å². The molecular weight excluding hydrogens is 464 g/mol. The summed E-state index contributed by atoms with van der Waals surface area (Å²) in [5.41, 5.74) is 4.53. The van der Waals surface area contributed by atoms with E-state index in [0.29, 0.717) is 24.3 Å². The smallest absolute Gasteiger partial charge is 0.144 e. The molecule has 5 heterocycles. The van der Waals surface area contributed by atoms with Gasteiger partial charge < -0.3 is 9.64 Å². The van der Waals surface area contributed by atoms with Gasteiger partial charge in [-0.25, -0.2) is 9.50 Å². The number of ether oxygens (including phenoxy) is 1. The summed E-state index contributed by atoms with van der Waals surface area (Å²) >= 11 is 0. The Hall–Kier alpha value is -4.25. The predicted octanol–water partition coefficient (Wildman–Crippen LogP) is 4.79. The lowest BCUT2D eigenvalue weighted by Crippen LogP contribution is -2.43. The van der Waals surface area contributed by atoms with Gasteiger partial charge in [0.15, 0.2) is 0 Å². The minimum atomic E-state index is -0.357. The monoisotopic (exact) mass is 494 g/mol. The fourth-order valence-electron chi connectivity index (χ4n) is 4.87. The number of hydrogen-bond donors (Lipinski definition) is 0. The molecule has 4 aromatic rings. The summed E-state index contributed by atoms with van der Waals surface area (Å²) in [5, 5.41) is 13.9. The Morgan fingerprint density at radius 2 is 1.95 bits per heavy atom.